The van der Waals surface area contributed by atoms with E-state index in [0.29, 0.717) is 0 Å². The van der Waals surface area contributed by atoms with Crippen molar-refractivity contribution in [2.75, 3.05) is 0 Å². The maximum Gasteiger partial charge on any atom is 0.283 e. The van der Waals surface area contributed by atoms with Gasteiger partial charge in [-0.05, 0) is 31.5 Å². The SMILES string of the molecule is C[C@@]1(c2cc(C(N)=O)ccc2F)N=C(N)O[C@@H]2CCC(F)(F)[C@@H]21. The number of nitrogens with zero attached hydrogens (tertiary/aromatic N) is 1. The highest BCUT2D eigenvalue weighted by Gasteiger charge is 2.62. The van der Waals surface area contributed by atoms with E-state index in [-0.39, 0.29) is 23.6 Å². The summed E-state index contributed by atoms with van der Waals surface area (Å²) in [6.45, 7) is 1.38. The Balaban J connectivity index is 2.21. The van der Waals surface area contributed by atoms with Crippen LogP contribution in [0, 0.1) is 11.7 Å². The summed E-state index contributed by atoms with van der Waals surface area (Å²) in [6.07, 6.45) is -1.15. The van der Waals surface area contributed by atoms with Gasteiger partial charge in [0.15, 0.2) is 0 Å². The van der Waals surface area contributed by atoms with Gasteiger partial charge in [-0.2, -0.15) is 0 Å². The van der Waals surface area contributed by atoms with Crippen molar-refractivity contribution in [1.82, 2.24) is 0 Å². The average molecular weight is 327 g/mol. The Labute approximate surface area is 130 Å². The maximum absolute atomic E-state index is 14.4. The van der Waals surface area contributed by atoms with Crippen LogP contribution in [0.25, 0.3) is 0 Å². The summed E-state index contributed by atoms with van der Waals surface area (Å²) in [5.41, 5.74) is 9.03. The van der Waals surface area contributed by atoms with E-state index in [1.54, 1.807) is 0 Å². The van der Waals surface area contributed by atoms with Gasteiger partial charge in [-0.1, -0.05) is 0 Å². The Morgan fingerprint density at radius 1 is 1.43 bits per heavy atom. The number of amidine groups is 1. The molecule has 0 unspecified atom stereocenters. The number of benzene rings is 1. The second-order valence-corrected chi connectivity index (χ2v) is 6.09. The predicted molar refractivity (Wildman–Crippen MR) is 76.4 cm³/mol. The number of nitrogens with two attached hydrogens (primary N) is 2. The van der Waals surface area contributed by atoms with Crippen LogP contribution in [0.1, 0.15) is 35.7 Å². The molecule has 1 saturated carbocycles. The molecule has 0 spiro atoms. The number of amides is 1. The summed E-state index contributed by atoms with van der Waals surface area (Å²) in [5, 5.41) is 0. The largest absolute Gasteiger partial charge is 0.461 e. The normalized spacial score (nSPS) is 31.9. The van der Waals surface area contributed by atoms with E-state index < -0.39 is 41.6 Å². The van der Waals surface area contributed by atoms with Crippen LogP contribution in [0.15, 0.2) is 23.2 Å². The number of aliphatic imine (C=N–C) groups is 1. The van der Waals surface area contributed by atoms with Gasteiger partial charge in [0.2, 0.25) is 5.91 Å². The molecule has 0 bridgehead atoms. The van der Waals surface area contributed by atoms with Crippen molar-refractivity contribution < 1.29 is 22.7 Å². The van der Waals surface area contributed by atoms with Gasteiger partial charge in [-0.3, -0.25) is 4.79 Å². The van der Waals surface area contributed by atoms with Gasteiger partial charge in [-0.25, -0.2) is 18.2 Å². The van der Waals surface area contributed by atoms with Gasteiger partial charge in [0.25, 0.3) is 11.9 Å². The summed E-state index contributed by atoms with van der Waals surface area (Å²) >= 11 is 0. The van der Waals surface area contributed by atoms with Gasteiger partial charge < -0.3 is 16.2 Å². The van der Waals surface area contributed by atoms with Crippen LogP contribution in [0.2, 0.25) is 0 Å². The molecule has 1 heterocycles. The van der Waals surface area contributed by atoms with Crippen LogP contribution in [-0.2, 0) is 10.3 Å². The Bertz CT molecular complexity index is 707. The average Bonchev–Trinajstić information content (AvgIpc) is 2.74. The molecule has 3 atom stereocenters. The van der Waals surface area contributed by atoms with E-state index >= 15 is 0 Å². The maximum atomic E-state index is 14.4. The van der Waals surface area contributed by atoms with Gasteiger partial charge in [0, 0.05) is 17.5 Å². The van der Waals surface area contributed by atoms with E-state index in [0.717, 1.165) is 12.1 Å². The molecule has 23 heavy (non-hydrogen) atoms. The van der Waals surface area contributed by atoms with E-state index in [1.807, 2.05) is 0 Å². The smallest absolute Gasteiger partial charge is 0.283 e. The molecule has 3 rings (SSSR count). The van der Waals surface area contributed by atoms with Crippen molar-refractivity contribution >= 4 is 11.9 Å². The topological polar surface area (TPSA) is 90.7 Å². The Morgan fingerprint density at radius 3 is 2.78 bits per heavy atom. The molecular formula is C15H16F3N3O2. The summed E-state index contributed by atoms with van der Waals surface area (Å²) < 4.78 is 48.3. The summed E-state index contributed by atoms with van der Waals surface area (Å²) in [7, 11) is 0. The third-order valence-electron chi connectivity index (χ3n) is 4.61. The molecule has 4 N–H and O–H groups in total. The number of primary amides is 1. The molecule has 1 fully saturated rings. The van der Waals surface area contributed by atoms with Crippen molar-refractivity contribution in [3.8, 4) is 0 Å². The Morgan fingerprint density at radius 2 is 2.13 bits per heavy atom. The molecule has 1 amide bonds. The summed E-state index contributed by atoms with van der Waals surface area (Å²) in [6, 6.07) is 3.10. The molecule has 0 saturated heterocycles. The van der Waals surface area contributed by atoms with E-state index in [1.165, 1.54) is 13.0 Å². The first-order chi connectivity index (χ1) is 10.6. The van der Waals surface area contributed by atoms with Crippen LogP contribution in [0.5, 0.6) is 0 Å². The first kappa shape index (κ1) is 15.6. The number of hydrogen-bond acceptors (Lipinski definition) is 4. The zero-order valence-electron chi connectivity index (χ0n) is 12.4. The zero-order chi connectivity index (χ0) is 17.0. The standard InChI is InChI=1S/C15H16F3N3O2/c1-14(8-6-7(12(19)22)2-3-9(8)16)11-10(23-13(20)21-14)4-5-15(11,17)18/h2-3,6,10-11H,4-5H2,1H3,(H2,19,22)(H2,20,21)/t10-,11+,14+/m1/s1. The van der Waals surface area contributed by atoms with Gasteiger partial charge in [0.05, 0.1) is 5.92 Å². The van der Waals surface area contributed by atoms with Crippen LogP contribution < -0.4 is 11.5 Å². The lowest BCUT2D eigenvalue weighted by atomic mass is 9.75. The number of halogens is 3. The van der Waals surface area contributed by atoms with Crippen molar-refractivity contribution in [3.63, 3.8) is 0 Å². The molecule has 124 valence electrons. The lowest BCUT2D eigenvalue weighted by Gasteiger charge is -2.41. The summed E-state index contributed by atoms with van der Waals surface area (Å²) in [4.78, 5) is 15.3. The fourth-order valence-electron chi connectivity index (χ4n) is 3.60. The second kappa shape index (κ2) is 4.87. The molecule has 0 aromatic heterocycles. The Kier molecular flexibility index (Phi) is 3.31. The van der Waals surface area contributed by atoms with E-state index in [4.69, 9.17) is 16.2 Å². The molecule has 1 aliphatic carbocycles. The highest BCUT2D eigenvalue weighted by Crippen LogP contribution is 2.54. The highest BCUT2D eigenvalue weighted by atomic mass is 19.3. The molecule has 1 aliphatic heterocycles. The number of rotatable bonds is 2. The molecular weight excluding hydrogens is 311 g/mol. The first-order valence-electron chi connectivity index (χ1n) is 7.15. The number of hydrogen-bond donors (Lipinski definition) is 2. The van der Waals surface area contributed by atoms with Gasteiger partial charge >= 0.3 is 0 Å². The van der Waals surface area contributed by atoms with Crippen LogP contribution in [-0.4, -0.2) is 24.0 Å². The van der Waals surface area contributed by atoms with Crippen LogP contribution >= 0.6 is 0 Å². The number of fused-ring (bicyclic) bond motifs is 1. The number of carbonyl (C=O) groups is 1. The quantitative estimate of drug-likeness (QED) is 0.869. The highest BCUT2D eigenvalue weighted by molar-refractivity contribution is 5.93. The third kappa shape index (κ3) is 2.32. The minimum atomic E-state index is -3.08. The third-order valence-corrected chi connectivity index (χ3v) is 4.61. The van der Waals surface area contributed by atoms with Crippen LogP contribution in [0.4, 0.5) is 13.2 Å². The predicted octanol–water partition coefficient (Wildman–Crippen LogP) is 1.90. The van der Waals surface area contributed by atoms with Crippen molar-refractivity contribution in [2.45, 2.75) is 37.3 Å². The van der Waals surface area contributed by atoms with Crippen LogP contribution in [0.3, 0.4) is 0 Å². The number of ether oxygens (including phenoxy) is 1. The lowest BCUT2D eigenvalue weighted by molar-refractivity contribution is -0.0961. The fraction of sp³-hybridized carbons (Fsp3) is 0.467. The number of carbonyl (C=O) groups excluding carboxylic acids is 1. The first-order valence-corrected chi connectivity index (χ1v) is 7.15. The minimum absolute atomic E-state index is 0.0146. The monoisotopic (exact) mass is 327 g/mol. The minimum Gasteiger partial charge on any atom is -0.461 e. The van der Waals surface area contributed by atoms with Gasteiger partial charge in [0.1, 0.15) is 17.5 Å². The molecule has 1 aromatic rings. The second-order valence-electron chi connectivity index (χ2n) is 6.09. The molecule has 8 heteroatoms. The lowest BCUT2D eigenvalue weighted by Crippen LogP contribution is -2.51. The summed E-state index contributed by atoms with van der Waals surface area (Å²) in [5.74, 6) is -6.00. The molecule has 0 radical (unpaired) electrons. The van der Waals surface area contributed by atoms with Crippen molar-refractivity contribution in [1.29, 1.82) is 0 Å². The molecule has 2 aliphatic rings. The molecule has 5 nitrogen and oxygen atoms in total. The number of alkyl halides is 2. The van der Waals surface area contributed by atoms with E-state index in [2.05, 4.69) is 4.99 Å². The van der Waals surface area contributed by atoms with Gasteiger partial charge in [-0.15, -0.1) is 0 Å². The zero-order valence-corrected chi connectivity index (χ0v) is 12.4. The van der Waals surface area contributed by atoms with E-state index in [9.17, 15) is 18.0 Å². The van der Waals surface area contributed by atoms with Crippen molar-refractivity contribution in [3.05, 3.63) is 35.1 Å². The van der Waals surface area contributed by atoms with Crippen molar-refractivity contribution in [2.24, 2.45) is 22.4 Å². The molecule has 1 aromatic carbocycles. The Hall–Kier alpha value is -2.25. The fourth-order valence-corrected chi connectivity index (χ4v) is 3.60.